The molecule has 2 saturated heterocycles. The van der Waals surface area contributed by atoms with Crippen molar-refractivity contribution in [3.63, 3.8) is 0 Å². The Morgan fingerprint density at radius 2 is 2.00 bits per heavy atom. The van der Waals surface area contributed by atoms with E-state index >= 15 is 0 Å². The summed E-state index contributed by atoms with van der Waals surface area (Å²) < 4.78 is 11.8. The molecule has 18 heavy (non-hydrogen) atoms. The normalized spacial score (nSPS) is 32.6. The average Bonchev–Trinajstić information content (AvgIpc) is 2.89. The zero-order chi connectivity index (χ0) is 12.2. The smallest absolute Gasteiger partial charge is 0.158 e. The molecular weight excluding hydrogens is 244 g/mol. The first-order valence-corrected chi connectivity index (χ1v) is 8.48. The topological polar surface area (TPSA) is 18.5 Å². The highest BCUT2D eigenvalue weighted by atomic mass is 32.2. The molecule has 1 aromatic carbocycles. The van der Waals surface area contributed by atoms with Crippen LogP contribution in [0, 0.1) is 0 Å². The monoisotopic (exact) mass is 265 g/mol. The summed E-state index contributed by atoms with van der Waals surface area (Å²) in [6.07, 6.45) is 5.20. The third-order valence-corrected chi connectivity index (χ3v) is 6.07. The van der Waals surface area contributed by atoms with Crippen LogP contribution in [0.5, 0.6) is 0 Å². The molecule has 3 atom stereocenters. The van der Waals surface area contributed by atoms with E-state index in [2.05, 4.69) is 30.3 Å². The lowest BCUT2D eigenvalue weighted by atomic mass is 10.2. The number of hydrogen-bond acceptors (Lipinski definition) is 2. The van der Waals surface area contributed by atoms with Crippen molar-refractivity contribution in [3.8, 4) is 0 Å². The van der Waals surface area contributed by atoms with Gasteiger partial charge in [-0.25, -0.2) is 0 Å². The lowest BCUT2D eigenvalue weighted by Gasteiger charge is -2.24. The van der Waals surface area contributed by atoms with Crippen LogP contribution in [-0.2, 0) is 20.4 Å². The fourth-order valence-corrected chi connectivity index (χ4v) is 5.01. The van der Waals surface area contributed by atoms with Crippen LogP contribution >= 0.6 is 0 Å². The first-order chi connectivity index (χ1) is 8.92. The summed E-state index contributed by atoms with van der Waals surface area (Å²) >= 11 is 0. The van der Waals surface area contributed by atoms with Crippen LogP contribution in [0.15, 0.2) is 35.2 Å². The second kappa shape index (κ2) is 6.09. The third-order valence-electron chi connectivity index (χ3n) is 3.63. The van der Waals surface area contributed by atoms with Gasteiger partial charge in [0.05, 0.1) is 0 Å². The molecule has 0 N–H and O–H groups in total. The maximum atomic E-state index is 6.09. The predicted octanol–water partition coefficient (Wildman–Crippen LogP) is 2.98. The minimum atomic E-state index is 0.0723. The van der Waals surface area contributed by atoms with E-state index in [4.69, 9.17) is 9.47 Å². The van der Waals surface area contributed by atoms with Gasteiger partial charge in [0.1, 0.15) is 17.6 Å². The SMILES string of the molecule is c1ccc([S+]2CCC(OC3CCCCO3)C2)cc1. The minimum absolute atomic E-state index is 0.0723. The van der Waals surface area contributed by atoms with Crippen LogP contribution in [0.25, 0.3) is 0 Å². The van der Waals surface area contributed by atoms with E-state index in [1.54, 1.807) is 0 Å². The molecule has 0 bridgehead atoms. The van der Waals surface area contributed by atoms with E-state index in [0.717, 1.165) is 13.0 Å². The molecule has 0 saturated carbocycles. The highest BCUT2D eigenvalue weighted by molar-refractivity contribution is 7.97. The van der Waals surface area contributed by atoms with Gasteiger partial charge in [0.15, 0.2) is 11.2 Å². The molecule has 0 amide bonds. The van der Waals surface area contributed by atoms with E-state index < -0.39 is 0 Å². The van der Waals surface area contributed by atoms with Gasteiger partial charge in [-0.1, -0.05) is 18.2 Å². The van der Waals surface area contributed by atoms with Gasteiger partial charge in [-0.2, -0.15) is 0 Å². The molecule has 0 aliphatic carbocycles. The first-order valence-electron chi connectivity index (χ1n) is 6.91. The zero-order valence-corrected chi connectivity index (χ0v) is 11.5. The Morgan fingerprint density at radius 1 is 1.11 bits per heavy atom. The lowest BCUT2D eigenvalue weighted by Crippen LogP contribution is -2.28. The van der Waals surface area contributed by atoms with Crippen molar-refractivity contribution in [2.75, 3.05) is 18.1 Å². The van der Waals surface area contributed by atoms with Crippen molar-refractivity contribution in [1.29, 1.82) is 0 Å². The average molecular weight is 265 g/mol. The quantitative estimate of drug-likeness (QED) is 0.782. The highest BCUT2D eigenvalue weighted by Crippen LogP contribution is 2.27. The summed E-state index contributed by atoms with van der Waals surface area (Å²) in [7, 11) is 0.394. The maximum absolute atomic E-state index is 6.09. The predicted molar refractivity (Wildman–Crippen MR) is 74.9 cm³/mol. The van der Waals surface area contributed by atoms with E-state index in [1.807, 2.05) is 0 Å². The Kier molecular flexibility index (Phi) is 4.24. The Labute approximate surface area is 112 Å². The molecule has 2 heterocycles. The van der Waals surface area contributed by atoms with Crippen LogP contribution in [0.3, 0.4) is 0 Å². The zero-order valence-electron chi connectivity index (χ0n) is 10.7. The van der Waals surface area contributed by atoms with Crippen molar-refractivity contribution in [3.05, 3.63) is 30.3 Å². The summed E-state index contributed by atoms with van der Waals surface area (Å²) in [5, 5.41) is 0. The van der Waals surface area contributed by atoms with Gasteiger partial charge in [0.2, 0.25) is 0 Å². The fraction of sp³-hybridized carbons (Fsp3) is 0.600. The lowest BCUT2D eigenvalue weighted by molar-refractivity contribution is -0.182. The number of rotatable bonds is 3. The molecule has 0 radical (unpaired) electrons. The molecule has 2 fully saturated rings. The van der Waals surface area contributed by atoms with Crippen LogP contribution < -0.4 is 0 Å². The first kappa shape index (κ1) is 12.5. The van der Waals surface area contributed by atoms with Crippen molar-refractivity contribution in [2.45, 2.75) is 43.0 Å². The molecular formula is C15H21O2S+. The molecule has 2 aliphatic heterocycles. The van der Waals surface area contributed by atoms with Crippen molar-refractivity contribution >= 4 is 10.9 Å². The van der Waals surface area contributed by atoms with Gasteiger partial charge >= 0.3 is 0 Å². The van der Waals surface area contributed by atoms with Crippen LogP contribution in [0.1, 0.15) is 25.7 Å². The second-order valence-corrected chi connectivity index (χ2v) is 7.22. The van der Waals surface area contributed by atoms with Gasteiger partial charge in [-0.3, -0.25) is 0 Å². The molecule has 2 nitrogen and oxygen atoms in total. The van der Waals surface area contributed by atoms with E-state index in [1.165, 1.54) is 35.7 Å². The van der Waals surface area contributed by atoms with Crippen molar-refractivity contribution < 1.29 is 9.47 Å². The van der Waals surface area contributed by atoms with E-state index in [-0.39, 0.29) is 6.29 Å². The Bertz CT molecular complexity index is 362. The minimum Gasteiger partial charge on any atom is -0.353 e. The summed E-state index contributed by atoms with van der Waals surface area (Å²) in [5.74, 6) is 2.46. The summed E-state index contributed by atoms with van der Waals surface area (Å²) in [5.41, 5.74) is 0. The highest BCUT2D eigenvalue weighted by Gasteiger charge is 2.36. The molecule has 98 valence electrons. The third kappa shape index (κ3) is 3.08. The Balaban J connectivity index is 1.52. The number of ether oxygens (including phenoxy) is 2. The fourth-order valence-electron chi connectivity index (χ4n) is 2.63. The molecule has 1 aromatic rings. The molecule has 3 unspecified atom stereocenters. The van der Waals surface area contributed by atoms with Crippen LogP contribution in [-0.4, -0.2) is 30.5 Å². The largest absolute Gasteiger partial charge is 0.353 e. The van der Waals surface area contributed by atoms with Gasteiger partial charge in [-0.05, 0) is 31.4 Å². The molecule has 3 heteroatoms. The van der Waals surface area contributed by atoms with Crippen LogP contribution in [0.4, 0.5) is 0 Å². The van der Waals surface area contributed by atoms with E-state index in [9.17, 15) is 0 Å². The van der Waals surface area contributed by atoms with Gasteiger partial charge < -0.3 is 9.47 Å². The Hall–Kier alpha value is -0.510. The van der Waals surface area contributed by atoms with Crippen LogP contribution in [0.2, 0.25) is 0 Å². The molecule has 2 aliphatic rings. The standard InChI is InChI=1S/C15H21O2S/c1-2-6-14(7-3-1)18-11-9-13(12-18)17-15-8-4-5-10-16-15/h1-3,6-7,13,15H,4-5,8-12H2/q+1. The molecule has 0 aromatic heterocycles. The van der Waals surface area contributed by atoms with Crippen molar-refractivity contribution in [1.82, 2.24) is 0 Å². The summed E-state index contributed by atoms with van der Waals surface area (Å²) in [4.78, 5) is 1.49. The van der Waals surface area contributed by atoms with Crippen molar-refractivity contribution in [2.24, 2.45) is 0 Å². The number of hydrogen-bond donors (Lipinski definition) is 0. The van der Waals surface area contributed by atoms with Gasteiger partial charge in [-0.15, -0.1) is 0 Å². The molecule has 3 rings (SSSR count). The summed E-state index contributed by atoms with van der Waals surface area (Å²) in [6.45, 7) is 0.877. The maximum Gasteiger partial charge on any atom is 0.158 e. The molecule has 0 spiro atoms. The Morgan fingerprint density at radius 3 is 2.78 bits per heavy atom. The number of benzene rings is 1. The van der Waals surface area contributed by atoms with Gasteiger partial charge in [0, 0.05) is 23.9 Å². The second-order valence-electron chi connectivity index (χ2n) is 5.02. The van der Waals surface area contributed by atoms with E-state index in [0.29, 0.717) is 17.0 Å². The van der Waals surface area contributed by atoms with Gasteiger partial charge in [0.25, 0.3) is 0 Å². The summed E-state index contributed by atoms with van der Waals surface area (Å²) in [6, 6.07) is 10.9.